The van der Waals surface area contributed by atoms with Crippen molar-refractivity contribution >= 4 is 47.0 Å². The Morgan fingerprint density at radius 1 is 1.00 bits per heavy atom. The number of anilines is 1. The highest BCUT2D eigenvalue weighted by Gasteiger charge is 2.23. The number of hydrogen-bond donors (Lipinski definition) is 2. The minimum Gasteiger partial charge on any atom is -0.415 e. The molecule has 2 amide bonds. The van der Waals surface area contributed by atoms with E-state index in [9.17, 15) is 24.5 Å². The van der Waals surface area contributed by atoms with E-state index in [1.807, 2.05) is 0 Å². The molecule has 0 heterocycles. The zero-order chi connectivity index (χ0) is 27.2. The maximum atomic E-state index is 12.6. The van der Waals surface area contributed by atoms with E-state index in [-0.39, 0.29) is 33.4 Å². The summed E-state index contributed by atoms with van der Waals surface area (Å²) >= 11 is 6.03. The number of benzene rings is 3. The summed E-state index contributed by atoms with van der Waals surface area (Å²) in [4.78, 5) is 48.0. The second kappa shape index (κ2) is 11.4. The van der Waals surface area contributed by atoms with Crippen molar-refractivity contribution in [1.29, 1.82) is 0 Å². The van der Waals surface area contributed by atoms with Gasteiger partial charge in [0.25, 0.3) is 5.91 Å². The normalized spacial score (nSPS) is 11.1. The van der Waals surface area contributed by atoms with Crippen molar-refractivity contribution in [2.45, 2.75) is 20.8 Å². The number of nitro groups is 1. The second-order valence-corrected chi connectivity index (χ2v) is 9.21. The summed E-state index contributed by atoms with van der Waals surface area (Å²) < 4.78 is 5.31. The van der Waals surface area contributed by atoms with Crippen molar-refractivity contribution in [2.75, 3.05) is 5.32 Å². The SMILES string of the molecule is CC(C)(C)C(=O)Nc1ccc(C(=O)N/N=C/c2cccc([N+](=O)[O-])c2OC(=O)c2ccccc2Cl)cc1. The van der Waals surface area contributed by atoms with Gasteiger partial charge in [-0.3, -0.25) is 19.7 Å². The molecule has 0 aromatic heterocycles. The number of amides is 2. The zero-order valence-electron chi connectivity index (χ0n) is 20.2. The fourth-order valence-corrected chi connectivity index (χ4v) is 3.13. The van der Waals surface area contributed by atoms with Gasteiger partial charge in [-0.15, -0.1) is 0 Å². The molecular weight excluding hydrogens is 500 g/mol. The fourth-order valence-electron chi connectivity index (χ4n) is 2.92. The van der Waals surface area contributed by atoms with Crippen LogP contribution in [0.5, 0.6) is 5.75 Å². The number of rotatable bonds is 7. The van der Waals surface area contributed by atoms with Gasteiger partial charge in [0.2, 0.25) is 11.7 Å². The molecule has 0 fully saturated rings. The quantitative estimate of drug-likeness (QED) is 0.143. The van der Waals surface area contributed by atoms with E-state index >= 15 is 0 Å². The van der Waals surface area contributed by atoms with Gasteiger partial charge in [-0.1, -0.05) is 50.6 Å². The van der Waals surface area contributed by atoms with Gasteiger partial charge in [0.1, 0.15) is 0 Å². The van der Waals surface area contributed by atoms with Crippen LogP contribution < -0.4 is 15.5 Å². The Kier molecular flexibility index (Phi) is 8.36. The predicted octanol–water partition coefficient (Wildman–Crippen LogP) is 5.22. The Morgan fingerprint density at radius 3 is 2.30 bits per heavy atom. The summed E-state index contributed by atoms with van der Waals surface area (Å²) in [6, 6.07) is 16.3. The highest BCUT2D eigenvalue weighted by molar-refractivity contribution is 6.33. The number of hydrazone groups is 1. The van der Waals surface area contributed by atoms with Crippen LogP contribution in [0.1, 0.15) is 47.1 Å². The van der Waals surface area contributed by atoms with Gasteiger partial charge in [0, 0.05) is 28.3 Å². The van der Waals surface area contributed by atoms with Crippen LogP contribution >= 0.6 is 11.6 Å². The summed E-state index contributed by atoms with van der Waals surface area (Å²) in [6.45, 7) is 5.35. The molecule has 0 unspecified atom stereocenters. The smallest absolute Gasteiger partial charge is 0.345 e. The van der Waals surface area contributed by atoms with E-state index in [0.717, 1.165) is 6.21 Å². The van der Waals surface area contributed by atoms with Crippen LogP contribution in [-0.2, 0) is 4.79 Å². The molecule has 3 rings (SSSR count). The van der Waals surface area contributed by atoms with Gasteiger partial charge < -0.3 is 10.1 Å². The van der Waals surface area contributed by atoms with Crippen molar-refractivity contribution in [3.8, 4) is 5.75 Å². The fraction of sp³-hybridized carbons (Fsp3) is 0.154. The molecule has 2 N–H and O–H groups in total. The lowest BCUT2D eigenvalue weighted by molar-refractivity contribution is -0.385. The molecule has 3 aromatic carbocycles. The van der Waals surface area contributed by atoms with Gasteiger partial charge in [-0.2, -0.15) is 5.10 Å². The van der Waals surface area contributed by atoms with E-state index < -0.39 is 27.9 Å². The summed E-state index contributed by atoms with van der Waals surface area (Å²) in [6.07, 6.45) is 1.12. The van der Waals surface area contributed by atoms with E-state index in [1.54, 1.807) is 45.0 Å². The highest BCUT2D eigenvalue weighted by Crippen LogP contribution is 2.31. The van der Waals surface area contributed by atoms with Crippen LogP contribution in [0.4, 0.5) is 11.4 Å². The number of halogens is 1. The van der Waals surface area contributed by atoms with E-state index in [0.29, 0.717) is 5.69 Å². The highest BCUT2D eigenvalue weighted by atomic mass is 35.5. The Bertz CT molecular complexity index is 1380. The molecule has 0 aliphatic carbocycles. The molecule has 11 heteroatoms. The second-order valence-electron chi connectivity index (χ2n) is 8.80. The Morgan fingerprint density at radius 2 is 1.68 bits per heavy atom. The van der Waals surface area contributed by atoms with Crippen LogP contribution in [0.2, 0.25) is 5.02 Å². The molecular formula is C26H23ClN4O6. The Labute approximate surface area is 217 Å². The maximum absolute atomic E-state index is 12.6. The minimum absolute atomic E-state index is 0.0284. The first-order valence-electron chi connectivity index (χ1n) is 11.0. The lowest BCUT2D eigenvalue weighted by Gasteiger charge is -2.17. The third-order valence-electron chi connectivity index (χ3n) is 4.97. The number of esters is 1. The van der Waals surface area contributed by atoms with Gasteiger partial charge in [0.05, 0.1) is 21.7 Å². The largest absolute Gasteiger partial charge is 0.415 e. The Balaban J connectivity index is 1.75. The maximum Gasteiger partial charge on any atom is 0.345 e. The Hall–Kier alpha value is -4.57. The number of hydrogen-bond acceptors (Lipinski definition) is 7. The summed E-state index contributed by atoms with van der Waals surface area (Å²) in [5.74, 6) is -1.98. The molecule has 3 aromatic rings. The van der Waals surface area contributed by atoms with E-state index in [1.165, 1.54) is 42.5 Å². The van der Waals surface area contributed by atoms with Crippen LogP contribution in [0.15, 0.2) is 71.8 Å². The molecule has 0 atom stereocenters. The summed E-state index contributed by atoms with van der Waals surface area (Å²) in [7, 11) is 0. The average molecular weight is 523 g/mol. The standard InChI is InChI=1S/C26H23ClN4O6/c1-26(2,3)25(34)29-18-13-11-16(12-14-18)23(32)30-28-15-17-7-6-10-21(31(35)36)22(17)37-24(33)19-8-4-5-9-20(19)27/h4-15H,1-3H3,(H,29,34)(H,30,32)/b28-15+. The van der Waals surface area contributed by atoms with Crippen LogP contribution in [0.25, 0.3) is 0 Å². The molecule has 10 nitrogen and oxygen atoms in total. The number of nitrogens with zero attached hydrogens (tertiary/aromatic N) is 2. The third-order valence-corrected chi connectivity index (χ3v) is 5.30. The van der Waals surface area contributed by atoms with Gasteiger partial charge in [-0.05, 0) is 42.5 Å². The topological polar surface area (TPSA) is 140 Å². The zero-order valence-corrected chi connectivity index (χ0v) is 20.9. The molecule has 0 saturated heterocycles. The lowest BCUT2D eigenvalue weighted by Crippen LogP contribution is -2.27. The van der Waals surface area contributed by atoms with Crippen LogP contribution in [0, 0.1) is 15.5 Å². The molecule has 0 spiro atoms. The third kappa shape index (κ3) is 6.98. The van der Waals surface area contributed by atoms with E-state index in [4.69, 9.17) is 16.3 Å². The summed E-state index contributed by atoms with van der Waals surface area (Å²) in [5.41, 5.74) is 2.17. The van der Waals surface area contributed by atoms with Crippen LogP contribution in [-0.4, -0.2) is 28.9 Å². The lowest BCUT2D eigenvalue weighted by atomic mass is 9.95. The first kappa shape index (κ1) is 27.0. The molecule has 0 aliphatic rings. The number of carbonyl (C=O) groups is 3. The van der Waals surface area contributed by atoms with Crippen LogP contribution in [0.3, 0.4) is 0 Å². The predicted molar refractivity (Wildman–Crippen MR) is 139 cm³/mol. The average Bonchev–Trinajstić information content (AvgIpc) is 2.84. The molecule has 37 heavy (non-hydrogen) atoms. The van der Waals surface area contributed by atoms with Crippen molar-refractivity contribution in [1.82, 2.24) is 5.43 Å². The first-order valence-corrected chi connectivity index (χ1v) is 11.3. The van der Waals surface area contributed by atoms with Gasteiger partial charge in [0.15, 0.2) is 0 Å². The van der Waals surface area contributed by atoms with Crippen molar-refractivity contribution in [2.24, 2.45) is 10.5 Å². The minimum atomic E-state index is -0.891. The number of carbonyl (C=O) groups excluding carboxylic acids is 3. The molecule has 0 aliphatic heterocycles. The molecule has 0 radical (unpaired) electrons. The molecule has 0 bridgehead atoms. The molecule has 190 valence electrons. The number of para-hydroxylation sites is 1. The van der Waals surface area contributed by atoms with Crippen molar-refractivity contribution in [3.05, 3.63) is 98.6 Å². The van der Waals surface area contributed by atoms with Crippen molar-refractivity contribution < 1.29 is 24.0 Å². The van der Waals surface area contributed by atoms with Gasteiger partial charge in [-0.25, -0.2) is 10.2 Å². The monoisotopic (exact) mass is 522 g/mol. The van der Waals surface area contributed by atoms with Crippen molar-refractivity contribution in [3.63, 3.8) is 0 Å². The number of nitro benzene ring substituents is 1. The van der Waals surface area contributed by atoms with Gasteiger partial charge >= 0.3 is 11.7 Å². The number of ether oxygens (including phenoxy) is 1. The summed E-state index contributed by atoms with van der Waals surface area (Å²) in [5, 5.41) is 18.3. The van der Waals surface area contributed by atoms with E-state index in [2.05, 4.69) is 15.8 Å². The number of nitrogens with one attached hydrogen (secondary N) is 2. The molecule has 0 saturated carbocycles. The first-order chi connectivity index (χ1) is 17.5.